The van der Waals surface area contributed by atoms with E-state index in [2.05, 4.69) is 0 Å². The number of carbonyl (C=O) groups excluding carboxylic acids is 1. The molecular formula is C11H18O3. The van der Waals surface area contributed by atoms with Crippen LogP contribution in [0.5, 0.6) is 0 Å². The summed E-state index contributed by atoms with van der Waals surface area (Å²) >= 11 is 0. The minimum Gasteiger partial charge on any atom is -0.481 e. The maximum atomic E-state index is 11.3. The number of rotatable bonds is 4. The van der Waals surface area contributed by atoms with E-state index >= 15 is 0 Å². The first-order valence-electron chi connectivity index (χ1n) is 5.36. The molecule has 0 spiro atoms. The van der Waals surface area contributed by atoms with E-state index in [1.165, 1.54) is 0 Å². The minimum absolute atomic E-state index is 0.0781. The topological polar surface area (TPSA) is 54.4 Å². The monoisotopic (exact) mass is 198 g/mol. The lowest BCUT2D eigenvalue weighted by Crippen LogP contribution is -2.35. The zero-order valence-electron chi connectivity index (χ0n) is 8.71. The van der Waals surface area contributed by atoms with Gasteiger partial charge in [-0.1, -0.05) is 26.2 Å². The molecule has 80 valence electrons. The molecule has 0 aromatic carbocycles. The average molecular weight is 198 g/mol. The van der Waals surface area contributed by atoms with Gasteiger partial charge in [-0.25, -0.2) is 0 Å². The molecule has 3 nitrogen and oxygen atoms in total. The summed E-state index contributed by atoms with van der Waals surface area (Å²) in [4.78, 5) is 22.5. The molecule has 1 aliphatic rings. The van der Waals surface area contributed by atoms with Crippen LogP contribution in [0.4, 0.5) is 0 Å². The zero-order valence-corrected chi connectivity index (χ0v) is 8.71. The third-order valence-corrected chi connectivity index (χ3v) is 3.19. The van der Waals surface area contributed by atoms with E-state index in [-0.39, 0.29) is 12.2 Å². The zero-order chi connectivity index (χ0) is 10.6. The predicted octanol–water partition coefficient (Wildman–Crippen LogP) is 2.39. The molecule has 1 N–H and O–H groups in total. The van der Waals surface area contributed by atoms with Gasteiger partial charge in [0.1, 0.15) is 5.78 Å². The van der Waals surface area contributed by atoms with Crippen LogP contribution in [0.2, 0.25) is 0 Å². The SMILES string of the molecule is CCC(=O)CC1(C(=O)O)CCCCC1. The van der Waals surface area contributed by atoms with Gasteiger partial charge in [0.25, 0.3) is 0 Å². The van der Waals surface area contributed by atoms with Gasteiger partial charge in [-0.3, -0.25) is 9.59 Å². The summed E-state index contributed by atoms with van der Waals surface area (Å²) in [7, 11) is 0. The number of hydrogen-bond donors (Lipinski definition) is 1. The van der Waals surface area contributed by atoms with E-state index < -0.39 is 11.4 Å². The molecule has 0 saturated heterocycles. The van der Waals surface area contributed by atoms with E-state index in [0.29, 0.717) is 19.3 Å². The van der Waals surface area contributed by atoms with Crippen molar-refractivity contribution in [2.24, 2.45) is 5.41 Å². The molecule has 0 aromatic heterocycles. The number of carbonyl (C=O) groups is 2. The van der Waals surface area contributed by atoms with E-state index in [1.807, 2.05) is 0 Å². The van der Waals surface area contributed by atoms with Gasteiger partial charge in [-0.15, -0.1) is 0 Å². The summed E-state index contributed by atoms with van der Waals surface area (Å²) in [6.07, 6.45) is 5.04. The third kappa shape index (κ3) is 2.34. The molecule has 0 atom stereocenters. The first kappa shape index (κ1) is 11.2. The Balaban J connectivity index is 2.70. The van der Waals surface area contributed by atoms with Crippen molar-refractivity contribution >= 4 is 11.8 Å². The molecule has 0 aromatic rings. The van der Waals surface area contributed by atoms with Gasteiger partial charge in [0.15, 0.2) is 0 Å². The molecular weight excluding hydrogens is 180 g/mol. The van der Waals surface area contributed by atoms with Crippen LogP contribution >= 0.6 is 0 Å². The average Bonchev–Trinajstić information content (AvgIpc) is 2.19. The van der Waals surface area contributed by atoms with Gasteiger partial charge in [-0.2, -0.15) is 0 Å². The molecule has 14 heavy (non-hydrogen) atoms. The number of carboxylic acid groups (broad SMARTS) is 1. The van der Waals surface area contributed by atoms with Crippen LogP contribution in [0, 0.1) is 5.41 Å². The van der Waals surface area contributed by atoms with Crippen LogP contribution in [0.25, 0.3) is 0 Å². The van der Waals surface area contributed by atoms with Gasteiger partial charge in [0, 0.05) is 12.8 Å². The molecule has 0 amide bonds. The lowest BCUT2D eigenvalue weighted by Gasteiger charge is -2.32. The van der Waals surface area contributed by atoms with Gasteiger partial charge >= 0.3 is 5.97 Å². The second-order valence-corrected chi connectivity index (χ2v) is 4.22. The Morgan fingerprint density at radius 3 is 2.21 bits per heavy atom. The van der Waals surface area contributed by atoms with Gasteiger partial charge in [0.2, 0.25) is 0 Å². The van der Waals surface area contributed by atoms with Crippen molar-refractivity contribution in [3.63, 3.8) is 0 Å². The molecule has 1 saturated carbocycles. The largest absolute Gasteiger partial charge is 0.481 e. The molecule has 0 radical (unpaired) electrons. The summed E-state index contributed by atoms with van der Waals surface area (Å²) in [5.74, 6) is -0.701. The van der Waals surface area contributed by atoms with Gasteiger partial charge < -0.3 is 5.11 Å². The van der Waals surface area contributed by atoms with Crippen molar-refractivity contribution in [1.29, 1.82) is 0 Å². The van der Waals surface area contributed by atoms with E-state index in [0.717, 1.165) is 19.3 Å². The molecule has 0 unspecified atom stereocenters. The Kier molecular flexibility index (Phi) is 3.67. The number of hydrogen-bond acceptors (Lipinski definition) is 2. The second-order valence-electron chi connectivity index (χ2n) is 4.22. The van der Waals surface area contributed by atoms with Crippen LogP contribution in [0.15, 0.2) is 0 Å². The normalized spacial score (nSPS) is 20.4. The molecule has 0 bridgehead atoms. The number of ketones is 1. The Labute approximate surface area is 84.5 Å². The summed E-state index contributed by atoms with van der Waals surface area (Å²) in [5, 5.41) is 9.18. The maximum Gasteiger partial charge on any atom is 0.310 e. The molecule has 1 aliphatic carbocycles. The fourth-order valence-corrected chi connectivity index (χ4v) is 2.20. The number of Topliss-reactive ketones (excluding diaryl/α,β-unsaturated/α-hetero) is 1. The van der Waals surface area contributed by atoms with Crippen molar-refractivity contribution in [3.05, 3.63) is 0 Å². The molecule has 3 heteroatoms. The highest BCUT2D eigenvalue weighted by atomic mass is 16.4. The maximum absolute atomic E-state index is 11.3. The Morgan fingerprint density at radius 1 is 1.21 bits per heavy atom. The van der Waals surface area contributed by atoms with Gasteiger partial charge in [0.05, 0.1) is 5.41 Å². The van der Waals surface area contributed by atoms with E-state index in [9.17, 15) is 14.7 Å². The highest BCUT2D eigenvalue weighted by Gasteiger charge is 2.40. The molecule has 0 heterocycles. The Morgan fingerprint density at radius 2 is 1.79 bits per heavy atom. The van der Waals surface area contributed by atoms with Crippen LogP contribution < -0.4 is 0 Å². The van der Waals surface area contributed by atoms with Gasteiger partial charge in [-0.05, 0) is 12.8 Å². The summed E-state index contributed by atoms with van der Waals surface area (Å²) in [6.45, 7) is 1.79. The summed E-state index contributed by atoms with van der Waals surface area (Å²) in [6, 6.07) is 0. The predicted molar refractivity (Wildman–Crippen MR) is 53.1 cm³/mol. The summed E-state index contributed by atoms with van der Waals surface area (Å²) in [5.41, 5.74) is -0.731. The van der Waals surface area contributed by atoms with Crippen molar-refractivity contribution in [2.45, 2.75) is 51.9 Å². The first-order chi connectivity index (χ1) is 6.60. The lowest BCUT2D eigenvalue weighted by atomic mass is 9.71. The van der Waals surface area contributed by atoms with Crippen LogP contribution in [-0.4, -0.2) is 16.9 Å². The fraction of sp³-hybridized carbons (Fsp3) is 0.818. The van der Waals surface area contributed by atoms with Crippen molar-refractivity contribution < 1.29 is 14.7 Å². The Hall–Kier alpha value is -0.860. The third-order valence-electron chi connectivity index (χ3n) is 3.19. The van der Waals surface area contributed by atoms with Crippen molar-refractivity contribution in [1.82, 2.24) is 0 Å². The summed E-state index contributed by atoms with van der Waals surface area (Å²) < 4.78 is 0. The Bertz CT molecular complexity index is 227. The highest BCUT2D eigenvalue weighted by Crippen LogP contribution is 2.39. The minimum atomic E-state index is -0.779. The second kappa shape index (κ2) is 4.58. The van der Waals surface area contributed by atoms with Crippen molar-refractivity contribution in [2.75, 3.05) is 0 Å². The van der Waals surface area contributed by atoms with E-state index in [1.54, 1.807) is 6.92 Å². The lowest BCUT2D eigenvalue weighted by molar-refractivity contribution is -0.153. The highest BCUT2D eigenvalue weighted by molar-refractivity contribution is 5.86. The van der Waals surface area contributed by atoms with Crippen LogP contribution in [0.1, 0.15) is 51.9 Å². The molecule has 0 aliphatic heterocycles. The number of aliphatic carboxylic acids is 1. The number of carboxylic acids is 1. The van der Waals surface area contributed by atoms with E-state index in [4.69, 9.17) is 0 Å². The molecule has 1 fully saturated rings. The van der Waals surface area contributed by atoms with Crippen molar-refractivity contribution in [3.8, 4) is 0 Å². The smallest absolute Gasteiger partial charge is 0.310 e. The van der Waals surface area contributed by atoms with Crippen LogP contribution in [-0.2, 0) is 9.59 Å². The first-order valence-corrected chi connectivity index (χ1v) is 5.36. The fourth-order valence-electron chi connectivity index (χ4n) is 2.20. The standard InChI is InChI=1S/C11H18O3/c1-2-9(12)8-11(10(13)14)6-4-3-5-7-11/h2-8H2,1H3,(H,13,14). The molecule has 1 rings (SSSR count). The van der Waals surface area contributed by atoms with Crippen LogP contribution in [0.3, 0.4) is 0 Å². The quantitative estimate of drug-likeness (QED) is 0.754.